The molecule has 0 saturated carbocycles. The summed E-state index contributed by atoms with van der Waals surface area (Å²) in [7, 11) is 0. The van der Waals surface area contributed by atoms with Crippen molar-refractivity contribution in [1.29, 1.82) is 0 Å². The van der Waals surface area contributed by atoms with Crippen molar-refractivity contribution in [2.75, 3.05) is 5.73 Å². The van der Waals surface area contributed by atoms with Gasteiger partial charge < -0.3 is 10.5 Å². The SMILES string of the molecule is Nc1ccc(Oc2cnccn2)c(C(F)(F)F)c1. The summed E-state index contributed by atoms with van der Waals surface area (Å²) in [4.78, 5) is 7.43. The van der Waals surface area contributed by atoms with E-state index >= 15 is 0 Å². The van der Waals surface area contributed by atoms with Crippen LogP contribution in [0, 0.1) is 0 Å². The molecule has 18 heavy (non-hydrogen) atoms. The van der Waals surface area contributed by atoms with Crippen LogP contribution in [0.1, 0.15) is 5.56 Å². The van der Waals surface area contributed by atoms with E-state index < -0.39 is 11.7 Å². The minimum absolute atomic E-state index is 0.00817. The molecule has 0 atom stereocenters. The molecule has 2 rings (SSSR count). The van der Waals surface area contributed by atoms with E-state index in [2.05, 4.69) is 9.97 Å². The maximum Gasteiger partial charge on any atom is 0.420 e. The molecule has 0 radical (unpaired) electrons. The van der Waals surface area contributed by atoms with Crippen LogP contribution in [-0.4, -0.2) is 9.97 Å². The van der Waals surface area contributed by atoms with Crippen molar-refractivity contribution in [3.05, 3.63) is 42.4 Å². The van der Waals surface area contributed by atoms with Crippen LogP contribution >= 0.6 is 0 Å². The average molecular weight is 255 g/mol. The van der Waals surface area contributed by atoms with Gasteiger partial charge in [-0.05, 0) is 18.2 Å². The maximum atomic E-state index is 12.8. The molecule has 0 bridgehead atoms. The standard InChI is InChI=1S/C11H8F3N3O/c12-11(13,14)8-5-7(15)1-2-9(8)18-10-6-16-3-4-17-10/h1-6H,15H2. The molecule has 94 valence electrons. The zero-order valence-electron chi connectivity index (χ0n) is 8.98. The first-order valence-corrected chi connectivity index (χ1v) is 4.87. The van der Waals surface area contributed by atoms with E-state index in [9.17, 15) is 13.2 Å². The molecule has 0 aliphatic heterocycles. The number of hydrogen-bond donors (Lipinski definition) is 1. The summed E-state index contributed by atoms with van der Waals surface area (Å²) in [6.45, 7) is 0. The smallest absolute Gasteiger partial charge is 0.420 e. The van der Waals surface area contributed by atoms with Gasteiger partial charge in [-0.1, -0.05) is 0 Å². The fraction of sp³-hybridized carbons (Fsp3) is 0.0909. The van der Waals surface area contributed by atoms with E-state index in [4.69, 9.17) is 10.5 Å². The monoisotopic (exact) mass is 255 g/mol. The highest BCUT2D eigenvalue weighted by Gasteiger charge is 2.34. The Kier molecular flexibility index (Phi) is 3.05. The van der Waals surface area contributed by atoms with Gasteiger partial charge in [0.05, 0.1) is 6.20 Å². The minimum atomic E-state index is -4.55. The van der Waals surface area contributed by atoms with Crippen molar-refractivity contribution >= 4 is 5.69 Å². The molecule has 0 fully saturated rings. The number of benzene rings is 1. The summed E-state index contributed by atoms with van der Waals surface area (Å²) in [6.07, 6.45) is -0.621. The number of alkyl halides is 3. The van der Waals surface area contributed by atoms with Gasteiger partial charge in [-0.2, -0.15) is 13.2 Å². The van der Waals surface area contributed by atoms with Gasteiger partial charge in [-0.25, -0.2) is 4.98 Å². The molecule has 4 nitrogen and oxygen atoms in total. The topological polar surface area (TPSA) is 61.0 Å². The van der Waals surface area contributed by atoms with Crippen molar-refractivity contribution in [2.24, 2.45) is 0 Å². The molecular formula is C11H8F3N3O. The van der Waals surface area contributed by atoms with Crippen molar-refractivity contribution in [3.8, 4) is 11.6 Å². The van der Waals surface area contributed by atoms with E-state index in [1.165, 1.54) is 24.7 Å². The van der Waals surface area contributed by atoms with Crippen molar-refractivity contribution in [1.82, 2.24) is 9.97 Å². The summed E-state index contributed by atoms with van der Waals surface area (Å²) in [5.41, 5.74) is 4.39. The Morgan fingerprint density at radius 3 is 2.56 bits per heavy atom. The molecule has 0 unspecified atom stereocenters. The number of nitrogens with zero attached hydrogens (tertiary/aromatic N) is 2. The number of rotatable bonds is 2. The highest BCUT2D eigenvalue weighted by Crippen LogP contribution is 2.38. The average Bonchev–Trinajstić information content (AvgIpc) is 2.31. The first-order valence-electron chi connectivity index (χ1n) is 4.87. The van der Waals surface area contributed by atoms with Crippen LogP contribution in [0.3, 0.4) is 0 Å². The molecule has 7 heteroatoms. The first kappa shape index (κ1) is 12.2. The van der Waals surface area contributed by atoms with Crippen LogP contribution in [0.2, 0.25) is 0 Å². The summed E-state index contributed by atoms with van der Waals surface area (Å²) >= 11 is 0. The van der Waals surface area contributed by atoms with E-state index in [-0.39, 0.29) is 17.3 Å². The Labute approximate surface area is 100 Å². The molecule has 1 aromatic carbocycles. The Morgan fingerprint density at radius 1 is 1.17 bits per heavy atom. The lowest BCUT2D eigenvalue weighted by atomic mass is 10.1. The van der Waals surface area contributed by atoms with E-state index in [1.54, 1.807) is 0 Å². The molecule has 0 saturated heterocycles. The summed E-state index contributed by atoms with van der Waals surface area (Å²) < 4.78 is 43.3. The lowest BCUT2D eigenvalue weighted by Gasteiger charge is -2.13. The van der Waals surface area contributed by atoms with Gasteiger partial charge in [0.1, 0.15) is 11.3 Å². The van der Waals surface area contributed by atoms with Crippen molar-refractivity contribution in [3.63, 3.8) is 0 Å². The quantitative estimate of drug-likeness (QED) is 0.838. The molecule has 1 aromatic heterocycles. The van der Waals surface area contributed by atoms with Crippen molar-refractivity contribution < 1.29 is 17.9 Å². The van der Waals surface area contributed by atoms with Crippen LogP contribution in [0.5, 0.6) is 11.6 Å². The molecule has 2 N–H and O–H groups in total. The van der Waals surface area contributed by atoms with Gasteiger partial charge in [0.25, 0.3) is 0 Å². The van der Waals surface area contributed by atoms with Crippen LogP contribution in [0.25, 0.3) is 0 Å². The number of nitrogens with two attached hydrogens (primary N) is 1. The predicted molar refractivity (Wildman–Crippen MR) is 58.0 cm³/mol. The van der Waals surface area contributed by atoms with Gasteiger partial charge >= 0.3 is 6.18 Å². The number of nitrogen functional groups attached to an aromatic ring is 1. The fourth-order valence-electron chi connectivity index (χ4n) is 1.31. The first-order chi connectivity index (χ1) is 8.47. The highest BCUT2D eigenvalue weighted by molar-refractivity contribution is 5.49. The second-order valence-corrected chi connectivity index (χ2v) is 3.40. The second kappa shape index (κ2) is 4.52. The largest absolute Gasteiger partial charge is 0.437 e. The Morgan fingerprint density at radius 2 is 1.94 bits per heavy atom. The number of aromatic nitrogens is 2. The number of anilines is 1. The highest BCUT2D eigenvalue weighted by atomic mass is 19.4. The summed E-state index contributed by atoms with van der Waals surface area (Å²) in [5, 5.41) is 0. The number of halogens is 3. The minimum Gasteiger partial charge on any atom is -0.437 e. The van der Waals surface area contributed by atoms with Crippen molar-refractivity contribution in [2.45, 2.75) is 6.18 Å². The van der Waals surface area contributed by atoms with Crippen LogP contribution in [0.15, 0.2) is 36.8 Å². The number of hydrogen-bond acceptors (Lipinski definition) is 4. The van der Waals surface area contributed by atoms with E-state index in [0.29, 0.717) is 0 Å². The zero-order valence-corrected chi connectivity index (χ0v) is 8.98. The van der Waals surface area contributed by atoms with E-state index in [1.807, 2.05) is 0 Å². The third-order valence-electron chi connectivity index (χ3n) is 2.06. The third-order valence-corrected chi connectivity index (χ3v) is 2.06. The summed E-state index contributed by atoms with van der Waals surface area (Å²) in [6, 6.07) is 3.28. The van der Waals surface area contributed by atoms with Gasteiger partial charge in [0, 0.05) is 18.1 Å². The van der Waals surface area contributed by atoms with E-state index in [0.717, 1.165) is 12.1 Å². The lowest BCUT2D eigenvalue weighted by Crippen LogP contribution is -2.08. The normalized spacial score (nSPS) is 11.3. The van der Waals surface area contributed by atoms with Crippen LogP contribution in [-0.2, 0) is 6.18 Å². The summed E-state index contributed by atoms with van der Waals surface area (Å²) in [5.74, 6) is -0.384. The van der Waals surface area contributed by atoms with Gasteiger partial charge in [0.2, 0.25) is 5.88 Å². The molecule has 0 aliphatic rings. The molecular weight excluding hydrogens is 247 g/mol. The molecule has 0 aliphatic carbocycles. The maximum absolute atomic E-state index is 12.8. The zero-order chi connectivity index (χ0) is 13.2. The fourth-order valence-corrected chi connectivity index (χ4v) is 1.31. The predicted octanol–water partition coefficient (Wildman–Crippen LogP) is 2.87. The molecule has 2 aromatic rings. The van der Waals surface area contributed by atoms with Gasteiger partial charge in [-0.15, -0.1) is 0 Å². The lowest BCUT2D eigenvalue weighted by molar-refractivity contribution is -0.138. The third kappa shape index (κ3) is 2.68. The van der Waals surface area contributed by atoms with Crippen LogP contribution in [0.4, 0.5) is 18.9 Å². The number of ether oxygens (including phenoxy) is 1. The molecule has 0 amide bonds. The Bertz CT molecular complexity index is 543. The van der Waals surface area contributed by atoms with Crippen LogP contribution < -0.4 is 10.5 Å². The molecule has 0 spiro atoms. The second-order valence-electron chi connectivity index (χ2n) is 3.40. The Balaban J connectivity index is 2.39. The molecule has 1 heterocycles. The van der Waals surface area contributed by atoms with Gasteiger partial charge in [-0.3, -0.25) is 4.98 Å². The Hall–Kier alpha value is -2.31. The van der Waals surface area contributed by atoms with Gasteiger partial charge in [0.15, 0.2) is 0 Å².